The Labute approximate surface area is 39.9 Å². The highest BCUT2D eigenvalue weighted by atomic mass is 28.2. The van der Waals surface area contributed by atoms with E-state index in [2.05, 4.69) is 6.08 Å². The first-order chi connectivity index (χ1) is 3.00. The quantitative estimate of drug-likeness (QED) is 0.410. The zero-order chi connectivity index (χ0) is 4.24. The lowest BCUT2D eigenvalue weighted by atomic mass is 10.5. The molecule has 0 aromatic rings. The summed E-state index contributed by atoms with van der Waals surface area (Å²) >= 11 is 0. The van der Waals surface area contributed by atoms with Gasteiger partial charge in [0.2, 0.25) is 0 Å². The summed E-state index contributed by atoms with van der Waals surface area (Å²) in [6, 6.07) is 1.22. The van der Waals surface area contributed by atoms with Crippen molar-refractivity contribution >= 4 is 9.76 Å². The Balaban J connectivity index is 2.26. The molecule has 2 radical (unpaired) electrons. The van der Waals surface area contributed by atoms with Gasteiger partial charge in [-0.2, -0.15) is 0 Å². The number of hydrogen-bond acceptors (Lipinski definition) is 1. The summed E-state index contributed by atoms with van der Waals surface area (Å²) in [5, 5.41) is 0. The molecule has 1 heterocycles. The molecule has 2 heteroatoms. The molecule has 0 aromatic heterocycles. The maximum Gasteiger partial charge on any atom is 0.310 e. The van der Waals surface area contributed by atoms with E-state index in [1.807, 2.05) is 0 Å². The Hall–Kier alpha value is -0.243. The van der Waals surface area contributed by atoms with E-state index in [0.717, 1.165) is 0 Å². The number of rotatable bonds is 0. The molecular formula is C4H6OSi. The van der Waals surface area contributed by atoms with Gasteiger partial charge in [-0.05, 0) is 12.5 Å². The van der Waals surface area contributed by atoms with Gasteiger partial charge in [-0.1, -0.05) is 6.08 Å². The van der Waals surface area contributed by atoms with Crippen LogP contribution in [0.1, 0.15) is 6.42 Å². The van der Waals surface area contributed by atoms with Gasteiger partial charge in [-0.25, -0.2) is 0 Å². The van der Waals surface area contributed by atoms with Crippen molar-refractivity contribution in [3.05, 3.63) is 12.3 Å². The molecule has 0 aromatic carbocycles. The highest BCUT2D eigenvalue weighted by Gasteiger charge is 1.91. The van der Waals surface area contributed by atoms with Gasteiger partial charge >= 0.3 is 9.76 Å². The maximum absolute atomic E-state index is 4.92. The Kier molecular flexibility index (Phi) is 1.33. The fourth-order valence-electron chi connectivity index (χ4n) is 0.365. The van der Waals surface area contributed by atoms with Crippen LogP contribution in [0.3, 0.4) is 0 Å². The molecule has 0 unspecified atom stereocenters. The summed E-state index contributed by atoms with van der Waals surface area (Å²) in [6.07, 6.45) is 5.04. The fourth-order valence-corrected chi connectivity index (χ4v) is 0.960. The van der Waals surface area contributed by atoms with Crippen LogP contribution in [0.5, 0.6) is 0 Å². The third-order valence-corrected chi connectivity index (χ3v) is 1.46. The van der Waals surface area contributed by atoms with Crippen LogP contribution in [0, 0.1) is 0 Å². The summed E-state index contributed by atoms with van der Waals surface area (Å²) < 4.78 is 4.92. The second-order valence-electron chi connectivity index (χ2n) is 1.17. The van der Waals surface area contributed by atoms with Crippen LogP contribution in [-0.4, -0.2) is 9.76 Å². The largest absolute Gasteiger partial charge is 0.547 e. The number of hydrogen-bond donors (Lipinski definition) is 0. The Morgan fingerprint density at radius 3 is 2.83 bits per heavy atom. The van der Waals surface area contributed by atoms with Crippen molar-refractivity contribution in [2.24, 2.45) is 0 Å². The van der Waals surface area contributed by atoms with E-state index >= 15 is 0 Å². The van der Waals surface area contributed by atoms with Crippen molar-refractivity contribution in [3.8, 4) is 0 Å². The molecule has 0 amide bonds. The van der Waals surface area contributed by atoms with Crippen LogP contribution in [-0.2, 0) is 4.43 Å². The van der Waals surface area contributed by atoms with E-state index in [4.69, 9.17) is 4.43 Å². The molecule has 0 N–H and O–H groups in total. The fraction of sp³-hybridized carbons (Fsp3) is 0.500. The standard InChI is InChI=1S/C4H6OSi/c1-2-4-6-5-3-1/h1,3H,2,4H2. The van der Waals surface area contributed by atoms with E-state index in [1.165, 1.54) is 12.5 Å². The van der Waals surface area contributed by atoms with Crippen molar-refractivity contribution < 1.29 is 4.43 Å². The van der Waals surface area contributed by atoms with Gasteiger partial charge in [0.05, 0.1) is 6.26 Å². The first-order valence-corrected chi connectivity index (χ1v) is 3.15. The molecule has 0 atom stereocenters. The minimum Gasteiger partial charge on any atom is -0.547 e. The third-order valence-electron chi connectivity index (χ3n) is 0.661. The van der Waals surface area contributed by atoms with E-state index in [1.54, 1.807) is 6.26 Å². The molecule has 0 spiro atoms. The van der Waals surface area contributed by atoms with Crippen LogP contribution in [0.2, 0.25) is 6.04 Å². The van der Waals surface area contributed by atoms with Crippen molar-refractivity contribution in [3.63, 3.8) is 0 Å². The van der Waals surface area contributed by atoms with E-state index in [0.29, 0.717) is 9.76 Å². The smallest absolute Gasteiger partial charge is 0.310 e. The van der Waals surface area contributed by atoms with Crippen LogP contribution in [0.25, 0.3) is 0 Å². The van der Waals surface area contributed by atoms with Crippen molar-refractivity contribution in [1.29, 1.82) is 0 Å². The second-order valence-corrected chi connectivity index (χ2v) is 2.20. The molecule has 1 aliphatic rings. The highest BCUT2D eigenvalue weighted by molar-refractivity contribution is 6.27. The molecule has 32 valence electrons. The zero-order valence-electron chi connectivity index (χ0n) is 3.48. The Morgan fingerprint density at radius 2 is 2.67 bits per heavy atom. The molecule has 0 saturated carbocycles. The molecular weight excluding hydrogens is 92.1 g/mol. The van der Waals surface area contributed by atoms with Gasteiger partial charge < -0.3 is 4.43 Å². The Morgan fingerprint density at radius 1 is 1.67 bits per heavy atom. The molecule has 1 rings (SSSR count). The minimum absolute atomic E-state index is 0.715. The van der Waals surface area contributed by atoms with Crippen LogP contribution >= 0.6 is 0 Å². The monoisotopic (exact) mass is 98.0 g/mol. The summed E-state index contributed by atoms with van der Waals surface area (Å²) in [7, 11) is 0.715. The average Bonchev–Trinajstić information content (AvgIpc) is 1.72. The van der Waals surface area contributed by atoms with E-state index < -0.39 is 0 Å². The summed E-state index contributed by atoms with van der Waals surface area (Å²) in [5.74, 6) is 0. The van der Waals surface area contributed by atoms with Crippen LogP contribution < -0.4 is 0 Å². The molecule has 0 bridgehead atoms. The molecule has 6 heavy (non-hydrogen) atoms. The molecule has 0 fully saturated rings. The average molecular weight is 98.2 g/mol. The lowest BCUT2D eigenvalue weighted by Gasteiger charge is -1.99. The summed E-state index contributed by atoms with van der Waals surface area (Å²) in [5.41, 5.74) is 0. The van der Waals surface area contributed by atoms with Gasteiger partial charge in [-0.3, -0.25) is 0 Å². The van der Waals surface area contributed by atoms with Gasteiger partial charge in [0.25, 0.3) is 0 Å². The molecule has 1 aliphatic heterocycles. The second kappa shape index (κ2) is 2.03. The topological polar surface area (TPSA) is 9.23 Å². The summed E-state index contributed by atoms with van der Waals surface area (Å²) in [4.78, 5) is 0. The first-order valence-electron chi connectivity index (χ1n) is 2.03. The molecule has 1 nitrogen and oxygen atoms in total. The normalized spacial score (nSPS) is 20.0. The van der Waals surface area contributed by atoms with Gasteiger partial charge in [0.1, 0.15) is 0 Å². The third kappa shape index (κ3) is 0.862. The summed E-state index contributed by atoms with van der Waals surface area (Å²) in [6.45, 7) is 0. The van der Waals surface area contributed by atoms with Crippen molar-refractivity contribution in [2.45, 2.75) is 12.5 Å². The first kappa shape index (κ1) is 3.93. The Bertz CT molecular complexity index is 52.6. The predicted molar refractivity (Wildman–Crippen MR) is 25.4 cm³/mol. The van der Waals surface area contributed by atoms with Gasteiger partial charge in [0.15, 0.2) is 0 Å². The molecule has 0 aliphatic carbocycles. The molecule has 0 saturated heterocycles. The van der Waals surface area contributed by atoms with Crippen molar-refractivity contribution in [1.82, 2.24) is 0 Å². The van der Waals surface area contributed by atoms with Crippen LogP contribution in [0.4, 0.5) is 0 Å². The highest BCUT2D eigenvalue weighted by Crippen LogP contribution is 1.97. The predicted octanol–water partition coefficient (Wildman–Crippen LogP) is 0.958. The lowest BCUT2D eigenvalue weighted by Crippen LogP contribution is -1.94. The van der Waals surface area contributed by atoms with Gasteiger partial charge in [0, 0.05) is 0 Å². The van der Waals surface area contributed by atoms with Gasteiger partial charge in [-0.15, -0.1) is 0 Å². The van der Waals surface area contributed by atoms with Crippen LogP contribution in [0.15, 0.2) is 12.3 Å². The number of allylic oxidation sites excluding steroid dienone is 1. The SMILES string of the molecule is C1=CO[Si]CC1. The van der Waals surface area contributed by atoms with E-state index in [9.17, 15) is 0 Å². The lowest BCUT2D eigenvalue weighted by molar-refractivity contribution is 0.499. The minimum atomic E-state index is 0.715. The van der Waals surface area contributed by atoms with Crippen molar-refractivity contribution in [2.75, 3.05) is 0 Å². The zero-order valence-corrected chi connectivity index (χ0v) is 4.48. The van der Waals surface area contributed by atoms with E-state index in [-0.39, 0.29) is 0 Å². The maximum atomic E-state index is 4.92.